The van der Waals surface area contributed by atoms with Gasteiger partial charge in [0.15, 0.2) is 11.5 Å². The van der Waals surface area contributed by atoms with E-state index < -0.39 is 0 Å². The maximum absolute atomic E-state index is 12.0. The monoisotopic (exact) mass is 353 g/mol. The Morgan fingerprint density at radius 1 is 1.17 bits per heavy atom. The topological polar surface area (TPSA) is 100 Å². The Hall–Kier alpha value is -2.49. The van der Waals surface area contributed by atoms with E-state index in [9.17, 15) is 4.79 Å². The summed E-state index contributed by atoms with van der Waals surface area (Å²) in [6.07, 6.45) is 0. The summed E-state index contributed by atoms with van der Waals surface area (Å²) in [5, 5.41) is 14.4. The predicted molar refractivity (Wildman–Crippen MR) is 87.5 cm³/mol. The zero-order valence-electron chi connectivity index (χ0n) is 13.9. The van der Waals surface area contributed by atoms with E-state index in [0.29, 0.717) is 28.9 Å². The Labute approximate surface area is 143 Å². The second-order valence-corrected chi connectivity index (χ2v) is 5.61. The Bertz CT molecular complexity index is 706. The number of nitrogens with one attached hydrogen (secondary N) is 1. The van der Waals surface area contributed by atoms with Crippen LogP contribution in [0.25, 0.3) is 0 Å². The highest BCUT2D eigenvalue weighted by Crippen LogP contribution is 2.34. The minimum Gasteiger partial charge on any atom is -0.496 e. The molecule has 0 unspecified atom stereocenters. The second-order valence-electron chi connectivity index (χ2n) is 4.67. The number of aromatic nitrogens is 4. The summed E-state index contributed by atoms with van der Waals surface area (Å²) in [6.45, 7) is 0.306. The summed E-state index contributed by atoms with van der Waals surface area (Å²) in [5.41, 5.74) is 0.786. The van der Waals surface area contributed by atoms with Crippen LogP contribution < -0.4 is 19.5 Å². The number of methoxy groups -OCH3 is 3. The number of amides is 1. The minimum absolute atomic E-state index is 0.139. The van der Waals surface area contributed by atoms with Gasteiger partial charge in [0.2, 0.25) is 11.1 Å². The molecule has 0 saturated heterocycles. The molecule has 1 heterocycles. The fraction of sp³-hybridized carbons (Fsp3) is 0.429. The summed E-state index contributed by atoms with van der Waals surface area (Å²) >= 11 is 1.26. The fourth-order valence-corrected chi connectivity index (χ4v) is 2.63. The molecule has 2 rings (SSSR count). The van der Waals surface area contributed by atoms with Crippen LogP contribution in [0.4, 0.5) is 0 Å². The normalized spacial score (nSPS) is 10.3. The van der Waals surface area contributed by atoms with Crippen LogP contribution in [0.5, 0.6) is 17.2 Å². The van der Waals surface area contributed by atoms with Crippen LogP contribution in [0.2, 0.25) is 0 Å². The molecule has 2 aromatic rings. The molecule has 0 saturated carbocycles. The van der Waals surface area contributed by atoms with Crippen molar-refractivity contribution in [3.63, 3.8) is 0 Å². The molecule has 130 valence electrons. The van der Waals surface area contributed by atoms with Gasteiger partial charge in [0.1, 0.15) is 5.75 Å². The molecule has 0 atom stereocenters. The van der Waals surface area contributed by atoms with E-state index in [4.69, 9.17) is 14.2 Å². The quantitative estimate of drug-likeness (QED) is 0.690. The molecular weight excluding hydrogens is 334 g/mol. The zero-order chi connectivity index (χ0) is 17.5. The molecule has 1 N–H and O–H groups in total. The van der Waals surface area contributed by atoms with Gasteiger partial charge >= 0.3 is 0 Å². The van der Waals surface area contributed by atoms with Gasteiger partial charge in [0.25, 0.3) is 0 Å². The lowest BCUT2D eigenvalue weighted by Gasteiger charge is -2.14. The third-order valence-corrected chi connectivity index (χ3v) is 4.19. The molecule has 9 nitrogen and oxygen atoms in total. The molecule has 0 aliphatic carbocycles. The van der Waals surface area contributed by atoms with E-state index in [-0.39, 0.29) is 11.7 Å². The molecule has 24 heavy (non-hydrogen) atoms. The summed E-state index contributed by atoms with van der Waals surface area (Å²) in [6, 6.07) is 3.50. The molecule has 0 bridgehead atoms. The third-order valence-electron chi connectivity index (χ3n) is 3.18. The lowest BCUT2D eigenvalue weighted by atomic mass is 10.1. The number of hydrogen-bond acceptors (Lipinski definition) is 8. The average Bonchev–Trinajstić information content (AvgIpc) is 3.02. The Balaban J connectivity index is 1.97. The molecule has 0 aliphatic rings. The maximum atomic E-state index is 12.0. The van der Waals surface area contributed by atoms with Gasteiger partial charge in [0, 0.05) is 25.2 Å². The van der Waals surface area contributed by atoms with Gasteiger partial charge in [-0.1, -0.05) is 11.8 Å². The van der Waals surface area contributed by atoms with Gasteiger partial charge in [-0.25, -0.2) is 4.68 Å². The van der Waals surface area contributed by atoms with Gasteiger partial charge in [-0.3, -0.25) is 4.79 Å². The molecule has 1 aromatic carbocycles. The van der Waals surface area contributed by atoms with Gasteiger partial charge < -0.3 is 19.5 Å². The molecule has 10 heteroatoms. The molecule has 0 aliphatic heterocycles. The summed E-state index contributed by atoms with van der Waals surface area (Å²) in [5.74, 6) is 1.82. The minimum atomic E-state index is -0.139. The van der Waals surface area contributed by atoms with Crippen LogP contribution in [0, 0.1) is 0 Å². The van der Waals surface area contributed by atoms with Crippen molar-refractivity contribution in [2.45, 2.75) is 11.7 Å². The second kappa shape index (κ2) is 8.39. The number of carbonyl (C=O) groups excluding carboxylic acids is 1. The highest BCUT2D eigenvalue weighted by atomic mass is 32.2. The van der Waals surface area contributed by atoms with Crippen LogP contribution >= 0.6 is 11.8 Å². The number of ether oxygens (including phenoxy) is 3. The van der Waals surface area contributed by atoms with Crippen LogP contribution in [-0.2, 0) is 18.4 Å². The first-order valence-electron chi connectivity index (χ1n) is 6.99. The highest BCUT2D eigenvalue weighted by molar-refractivity contribution is 7.99. The first-order valence-corrected chi connectivity index (χ1v) is 7.98. The molecule has 0 radical (unpaired) electrons. The van der Waals surface area contributed by atoms with Crippen molar-refractivity contribution in [3.05, 3.63) is 17.7 Å². The van der Waals surface area contributed by atoms with E-state index >= 15 is 0 Å². The number of benzene rings is 1. The standard InChI is InChI=1S/C14H19N5O4S/c1-19-14(16-17-18-19)24-8-13(20)15-7-9-5-11(22-3)12(23-4)6-10(9)21-2/h5-6H,7-8H2,1-4H3,(H,15,20). The first-order chi connectivity index (χ1) is 11.6. The lowest BCUT2D eigenvalue weighted by Crippen LogP contribution is -2.25. The molecule has 0 spiro atoms. The maximum Gasteiger partial charge on any atom is 0.230 e. The summed E-state index contributed by atoms with van der Waals surface area (Å²) in [7, 11) is 6.38. The van der Waals surface area contributed by atoms with Crippen molar-refractivity contribution in [2.24, 2.45) is 7.05 Å². The van der Waals surface area contributed by atoms with Crippen molar-refractivity contribution in [1.29, 1.82) is 0 Å². The van der Waals surface area contributed by atoms with E-state index in [1.807, 2.05) is 0 Å². The largest absolute Gasteiger partial charge is 0.496 e. The predicted octanol–water partition coefficient (Wildman–Crippen LogP) is 0.644. The number of nitrogens with zero attached hydrogens (tertiary/aromatic N) is 4. The SMILES string of the molecule is COc1cc(OC)c(OC)cc1CNC(=O)CSc1nnnn1C. The Morgan fingerprint density at radius 3 is 2.42 bits per heavy atom. The lowest BCUT2D eigenvalue weighted by molar-refractivity contribution is -0.118. The van der Waals surface area contributed by atoms with Gasteiger partial charge in [-0.2, -0.15) is 0 Å². The Kier molecular flexibility index (Phi) is 6.24. The number of tetrazole rings is 1. The van der Waals surface area contributed by atoms with Crippen molar-refractivity contribution < 1.29 is 19.0 Å². The molecule has 0 fully saturated rings. The van der Waals surface area contributed by atoms with Gasteiger partial charge in [-0.05, 0) is 16.5 Å². The van der Waals surface area contributed by atoms with Crippen LogP contribution in [0.3, 0.4) is 0 Å². The number of hydrogen-bond donors (Lipinski definition) is 1. The summed E-state index contributed by atoms with van der Waals surface area (Å²) in [4.78, 5) is 12.0. The average molecular weight is 353 g/mol. The molecule has 1 aromatic heterocycles. The van der Waals surface area contributed by atoms with Crippen LogP contribution in [0.15, 0.2) is 17.3 Å². The number of rotatable bonds is 8. The van der Waals surface area contributed by atoms with E-state index in [0.717, 1.165) is 5.56 Å². The fourth-order valence-electron chi connectivity index (χ4n) is 1.95. The first kappa shape index (κ1) is 17.9. The van der Waals surface area contributed by atoms with Crippen molar-refractivity contribution >= 4 is 17.7 Å². The van der Waals surface area contributed by atoms with Crippen molar-refractivity contribution in [3.8, 4) is 17.2 Å². The molecular formula is C14H19N5O4S. The smallest absolute Gasteiger partial charge is 0.230 e. The van der Waals surface area contributed by atoms with Crippen molar-refractivity contribution in [1.82, 2.24) is 25.5 Å². The Morgan fingerprint density at radius 2 is 1.83 bits per heavy atom. The summed E-state index contributed by atoms with van der Waals surface area (Å²) < 4.78 is 17.3. The van der Waals surface area contributed by atoms with E-state index in [2.05, 4.69) is 20.8 Å². The van der Waals surface area contributed by atoms with Crippen molar-refractivity contribution in [2.75, 3.05) is 27.1 Å². The highest BCUT2D eigenvalue weighted by Gasteiger charge is 2.13. The number of aryl methyl sites for hydroxylation is 1. The number of thioether (sulfide) groups is 1. The number of carbonyl (C=O) groups is 1. The van der Waals surface area contributed by atoms with E-state index in [1.54, 1.807) is 40.5 Å². The van der Waals surface area contributed by atoms with Gasteiger partial charge in [0.05, 0.1) is 27.1 Å². The van der Waals surface area contributed by atoms with Crippen LogP contribution in [-0.4, -0.2) is 53.2 Å². The third kappa shape index (κ3) is 4.28. The molecule has 1 amide bonds. The van der Waals surface area contributed by atoms with Crippen LogP contribution in [0.1, 0.15) is 5.56 Å². The zero-order valence-corrected chi connectivity index (χ0v) is 14.7. The van der Waals surface area contributed by atoms with Gasteiger partial charge in [-0.15, -0.1) is 5.10 Å². The van der Waals surface area contributed by atoms with E-state index in [1.165, 1.54) is 16.4 Å².